The number of hydrogen-bond donors (Lipinski definition) is 2. The first-order chi connectivity index (χ1) is 12.8. The molecule has 2 N–H and O–H groups in total. The van der Waals surface area contributed by atoms with Crippen LogP contribution in [0.15, 0.2) is 60.9 Å². The van der Waals surface area contributed by atoms with E-state index < -0.39 is 0 Å². The number of aromatic nitrogens is 2. The number of nitrogens with one attached hydrogen (secondary N) is 2. The van der Waals surface area contributed by atoms with E-state index in [1.165, 1.54) is 6.33 Å². The molecule has 0 saturated carbocycles. The fraction of sp³-hybridized carbons (Fsp3) is 0.200. The fourth-order valence-corrected chi connectivity index (χ4v) is 2.64. The van der Waals surface area contributed by atoms with E-state index in [9.17, 15) is 0 Å². The predicted molar refractivity (Wildman–Crippen MR) is 103 cm³/mol. The molecule has 0 fully saturated rings. The highest BCUT2D eigenvalue weighted by Crippen LogP contribution is 2.26. The molecule has 0 aliphatic rings. The molecule has 6 nitrogen and oxygen atoms in total. The third-order valence-electron chi connectivity index (χ3n) is 3.93. The van der Waals surface area contributed by atoms with E-state index in [0.717, 1.165) is 41.5 Å². The maximum absolute atomic E-state index is 5.38. The normalized spacial score (nSPS) is 10.2. The number of benzene rings is 2. The van der Waals surface area contributed by atoms with Crippen molar-refractivity contribution in [3.8, 4) is 11.5 Å². The molecule has 3 aromatic rings. The van der Waals surface area contributed by atoms with Gasteiger partial charge in [-0.25, -0.2) is 9.97 Å². The molecular weight excluding hydrogens is 328 g/mol. The minimum atomic E-state index is 0.698. The van der Waals surface area contributed by atoms with E-state index in [0.29, 0.717) is 5.82 Å². The molecule has 0 bridgehead atoms. The molecule has 0 aliphatic carbocycles. The second-order valence-electron chi connectivity index (χ2n) is 5.60. The van der Waals surface area contributed by atoms with Gasteiger partial charge in [0.25, 0.3) is 0 Å². The average molecular weight is 350 g/mol. The fourth-order valence-electron chi connectivity index (χ4n) is 2.64. The van der Waals surface area contributed by atoms with Gasteiger partial charge in [-0.2, -0.15) is 0 Å². The first-order valence-corrected chi connectivity index (χ1v) is 8.38. The predicted octanol–water partition coefficient (Wildman–Crippen LogP) is 3.89. The van der Waals surface area contributed by atoms with Crippen LogP contribution in [0.2, 0.25) is 0 Å². The molecule has 0 amide bonds. The monoisotopic (exact) mass is 350 g/mol. The first-order valence-electron chi connectivity index (χ1n) is 8.38. The molecule has 0 atom stereocenters. The van der Waals surface area contributed by atoms with Crippen LogP contribution in [0.4, 0.5) is 17.3 Å². The van der Waals surface area contributed by atoms with E-state index >= 15 is 0 Å². The van der Waals surface area contributed by atoms with Crippen molar-refractivity contribution in [2.24, 2.45) is 0 Å². The molecule has 0 radical (unpaired) electrons. The molecule has 1 heterocycles. The third-order valence-corrected chi connectivity index (χ3v) is 3.93. The SMILES string of the molecule is COc1ccccc1CCNc1cc(Nc2ccccc2OC)ncn1. The Labute approximate surface area is 153 Å². The second kappa shape index (κ2) is 8.71. The summed E-state index contributed by atoms with van der Waals surface area (Å²) in [7, 11) is 3.33. The second-order valence-corrected chi connectivity index (χ2v) is 5.60. The third kappa shape index (κ3) is 4.42. The molecule has 0 saturated heterocycles. The number of nitrogens with zero attached hydrogens (tertiary/aromatic N) is 2. The Balaban J connectivity index is 1.62. The number of methoxy groups -OCH3 is 2. The van der Waals surface area contributed by atoms with Gasteiger partial charge in [-0.05, 0) is 30.2 Å². The summed E-state index contributed by atoms with van der Waals surface area (Å²) < 4.78 is 10.7. The summed E-state index contributed by atoms with van der Waals surface area (Å²) in [5.41, 5.74) is 2.01. The Morgan fingerprint density at radius 1 is 0.846 bits per heavy atom. The summed E-state index contributed by atoms with van der Waals surface area (Å²) in [5.74, 6) is 3.11. The highest BCUT2D eigenvalue weighted by molar-refractivity contribution is 5.65. The van der Waals surface area contributed by atoms with E-state index in [4.69, 9.17) is 9.47 Å². The number of ether oxygens (including phenoxy) is 2. The van der Waals surface area contributed by atoms with Crippen LogP contribution in [0.5, 0.6) is 11.5 Å². The molecule has 6 heteroatoms. The summed E-state index contributed by atoms with van der Waals surface area (Å²) in [6.45, 7) is 0.742. The zero-order valence-corrected chi connectivity index (χ0v) is 14.9. The van der Waals surface area contributed by atoms with Crippen molar-refractivity contribution < 1.29 is 9.47 Å². The average Bonchev–Trinajstić information content (AvgIpc) is 2.69. The Kier molecular flexibility index (Phi) is 5.88. The van der Waals surface area contributed by atoms with Gasteiger partial charge in [0.15, 0.2) is 0 Å². The molecule has 3 rings (SSSR count). The van der Waals surface area contributed by atoms with Crippen molar-refractivity contribution in [2.75, 3.05) is 31.4 Å². The van der Waals surface area contributed by atoms with Gasteiger partial charge in [0.05, 0.1) is 19.9 Å². The summed E-state index contributed by atoms with van der Waals surface area (Å²) in [6.07, 6.45) is 2.37. The Morgan fingerprint density at radius 3 is 2.35 bits per heavy atom. The van der Waals surface area contributed by atoms with Gasteiger partial charge in [0, 0.05) is 12.6 Å². The van der Waals surface area contributed by atoms with Gasteiger partial charge in [-0.1, -0.05) is 30.3 Å². The van der Waals surface area contributed by atoms with E-state index in [1.807, 2.05) is 48.5 Å². The van der Waals surface area contributed by atoms with Gasteiger partial charge < -0.3 is 20.1 Å². The lowest BCUT2D eigenvalue weighted by atomic mass is 10.1. The molecule has 134 valence electrons. The van der Waals surface area contributed by atoms with Gasteiger partial charge in [0.2, 0.25) is 0 Å². The first kappa shape index (κ1) is 17.5. The minimum Gasteiger partial charge on any atom is -0.496 e. The molecule has 1 aromatic heterocycles. The van der Waals surface area contributed by atoms with Crippen LogP contribution in [0.1, 0.15) is 5.56 Å². The summed E-state index contributed by atoms with van der Waals surface area (Å²) in [6, 6.07) is 17.6. The highest BCUT2D eigenvalue weighted by atomic mass is 16.5. The molecule has 0 aliphatic heterocycles. The Bertz CT molecular complexity index is 854. The van der Waals surface area contributed by atoms with Crippen LogP contribution in [-0.2, 0) is 6.42 Å². The minimum absolute atomic E-state index is 0.698. The van der Waals surface area contributed by atoms with Gasteiger partial charge in [0.1, 0.15) is 29.5 Å². The molecule has 26 heavy (non-hydrogen) atoms. The van der Waals surface area contributed by atoms with Crippen LogP contribution in [0.25, 0.3) is 0 Å². The number of anilines is 3. The lowest BCUT2D eigenvalue weighted by Crippen LogP contribution is -2.08. The quantitative estimate of drug-likeness (QED) is 0.642. The standard InChI is InChI=1S/C20H22N4O2/c1-25-17-9-5-3-7-15(17)11-12-21-19-13-20(23-14-22-19)24-16-8-4-6-10-18(16)26-2/h3-10,13-14H,11-12H2,1-2H3,(H2,21,22,23,24). The molecular formula is C20H22N4O2. The number of hydrogen-bond acceptors (Lipinski definition) is 6. The Hall–Kier alpha value is -3.28. The van der Waals surface area contributed by atoms with Crippen LogP contribution >= 0.6 is 0 Å². The number of para-hydroxylation sites is 3. The van der Waals surface area contributed by atoms with Crippen molar-refractivity contribution in [1.82, 2.24) is 9.97 Å². The topological polar surface area (TPSA) is 68.3 Å². The van der Waals surface area contributed by atoms with Crippen molar-refractivity contribution >= 4 is 17.3 Å². The maximum Gasteiger partial charge on any atom is 0.142 e. The van der Waals surface area contributed by atoms with Crippen LogP contribution in [-0.4, -0.2) is 30.7 Å². The smallest absolute Gasteiger partial charge is 0.142 e. The van der Waals surface area contributed by atoms with Gasteiger partial charge in [-0.15, -0.1) is 0 Å². The van der Waals surface area contributed by atoms with Crippen molar-refractivity contribution in [2.45, 2.75) is 6.42 Å². The summed E-state index contributed by atoms with van der Waals surface area (Å²) in [5, 5.41) is 6.58. The van der Waals surface area contributed by atoms with Crippen molar-refractivity contribution in [1.29, 1.82) is 0 Å². The number of rotatable bonds is 8. The van der Waals surface area contributed by atoms with Gasteiger partial charge >= 0.3 is 0 Å². The van der Waals surface area contributed by atoms with Crippen molar-refractivity contribution in [3.05, 3.63) is 66.5 Å². The summed E-state index contributed by atoms with van der Waals surface area (Å²) >= 11 is 0. The van der Waals surface area contributed by atoms with Crippen molar-refractivity contribution in [3.63, 3.8) is 0 Å². The zero-order chi connectivity index (χ0) is 18.2. The van der Waals surface area contributed by atoms with Crippen LogP contribution < -0.4 is 20.1 Å². The van der Waals surface area contributed by atoms with Crippen LogP contribution in [0.3, 0.4) is 0 Å². The lowest BCUT2D eigenvalue weighted by molar-refractivity contribution is 0.410. The highest BCUT2D eigenvalue weighted by Gasteiger charge is 2.05. The van der Waals surface area contributed by atoms with Crippen LogP contribution in [0, 0.1) is 0 Å². The van der Waals surface area contributed by atoms with E-state index in [-0.39, 0.29) is 0 Å². The molecule has 0 spiro atoms. The molecule has 2 aromatic carbocycles. The lowest BCUT2D eigenvalue weighted by Gasteiger charge is -2.12. The summed E-state index contributed by atoms with van der Waals surface area (Å²) in [4.78, 5) is 8.54. The largest absolute Gasteiger partial charge is 0.496 e. The maximum atomic E-state index is 5.38. The van der Waals surface area contributed by atoms with E-state index in [2.05, 4.69) is 26.7 Å². The Morgan fingerprint density at radius 2 is 1.54 bits per heavy atom. The zero-order valence-electron chi connectivity index (χ0n) is 14.9. The van der Waals surface area contributed by atoms with E-state index in [1.54, 1.807) is 14.2 Å². The van der Waals surface area contributed by atoms with Gasteiger partial charge in [-0.3, -0.25) is 0 Å². The molecule has 0 unspecified atom stereocenters.